The first-order chi connectivity index (χ1) is 6.22. The van der Waals surface area contributed by atoms with E-state index in [-0.39, 0.29) is 18.2 Å². The van der Waals surface area contributed by atoms with E-state index in [0.717, 1.165) is 12.8 Å². The Morgan fingerprint density at radius 1 is 1.62 bits per heavy atom. The van der Waals surface area contributed by atoms with Gasteiger partial charge in [-0.25, -0.2) is 10.3 Å². The van der Waals surface area contributed by atoms with E-state index in [4.69, 9.17) is 4.84 Å². The van der Waals surface area contributed by atoms with Crippen LogP contribution >= 0.6 is 0 Å². The van der Waals surface area contributed by atoms with Gasteiger partial charge in [0.05, 0.1) is 12.7 Å². The Morgan fingerprint density at radius 3 is 2.92 bits per heavy atom. The van der Waals surface area contributed by atoms with Crippen molar-refractivity contribution in [2.24, 2.45) is 0 Å². The molecule has 1 fully saturated rings. The molecule has 2 atom stereocenters. The van der Waals surface area contributed by atoms with Gasteiger partial charge in [-0.15, -0.1) is 0 Å². The summed E-state index contributed by atoms with van der Waals surface area (Å²) in [5.41, 5.74) is 2.24. The third-order valence-corrected chi connectivity index (χ3v) is 2.05. The lowest BCUT2D eigenvalue weighted by atomic mass is 10.2. The number of amides is 2. The summed E-state index contributed by atoms with van der Waals surface area (Å²) in [4.78, 5) is 15.7. The number of hydroxylamine groups is 1. The highest BCUT2D eigenvalue weighted by Crippen LogP contribution is 2.18. The molecular weight excluding hydrogens is 172 g/mol. The van der Waals surface area contributed by atoms with Gasteiger partial charge < -0.3 is 10.4 Å². The molecule has 13 heavy (non-hydrogen) atoms. The standard InChI is InChI=1S/C8H16N2O3/c1-2-13-10-8(12)9-6-3-4-7(11)5-6/h6-7,11H,2-5H2,1H3,(H2,9,10,12)/t6-,7+/m0/s1. The van der Waals surface area contributed by atoms with E-state index in [1.807, 2.05) is 0 Å². The monoisotopic (exact) mass is 188 g/mol. The maximum atomic E-state index is 11.0. The molecule has 76 valence electrons. The van der Waals surface area contributed by atoms with Crippen LogP contribution in [0.2, 0.25) is 0 Å². The van der Waals surface area contributed by atoms with Gasteiger partial charge in [-0.3, -0.25) is 4.84 Å². The van der Waals surface area contributed by atoms with E-state index < -0.39 is 0 Å². The van der Waals surface area contributed by atoms with Crippen molar-refractivity contribution in [3.05, 3.63) is 0 Å². The Labute approximate surface area is 77.4 Å². The van der Waals surface area contributed by atoms with E-state index >= 15 is 0 Å². The van der Waals surface area contributed by atoms with Crippen LogP contribution in [0.4, 0.5) is 4.79 Å². The predicted molar refractivity (Wildman–Crippen MR) is 46.9 cm³/mol. The zero-order valence-corrected chi connectivity index (χ0v) is 7.75. The number of urea groups is 1. The minimum atomic E-state index is -0.332. The molecule has 3 N–H and O–H groups in total. The van der Waals surface area contributed by atoms with Crippen molar-refractivity contribution in [2.45, 2.75) is 38.3 Å². The molecule has 5 heteroatoms. The number of aliphatic hydroxyl groups excluding tert-OH is 1. The highest BCUT2D eigenvalue weighted by atomic mass is 16.7. The van der Waals surface area contributed by atoms with Gasteiger partial charge in [-0.1, -0.05) is 0 Å². The molecule has 1 saturated carbocycles. The fourth-order valence-electron chi connectivity index (χ4n) is 1.44. The van der Waals surface area contributed by atoms with Crippen LogP contribution in [0.1, 0.15) is 26.2 Å². The number of aliphatic hydroxyl groups is 1. The van der Waals surface area contributed by atoms with E-state index in [1.54, 1.807) is 6.92 Å². The lowest BCUT2D eigenvalue weighted by Crippen LogP contribution is -2.41. The van der Waals surface area contributed by atoms with Crippen LogP contribution in [0.3, 0.4) is 0 Å². The van der Waals surface area contributed by atoms with Gasteiger partial charge >= 0.3 is 6.03 Å². The van der Waals surface area contributed by atoms with E-state index in [2.05, 4.69) is 10.8 Å². The number of hydrogen-bond donors (Lipinski definition) is 3. The molecule has 0 radical (unpaired) electrons. The molecular formula is C8H16N2O3. The number of carbonyl (C=O) groups is 1. The average Bonchev–Trinajstić information content (AvgIpc) is 2.48. The molecule has 0 saturated heterocycles. The maximum Gasteiger partial charge on any atom is 0.338 e. The molecule has 2 amide bonds. The van der Waals surface area contributed by atoms with Gasteiger partial charge in [0.15, 0.2) is 0 Å². The quantitative estimate of drug-likeness (QED) is 0.552. The number of nitrogens with one attached hydrogen (secondary N) is 2. The Bertz CT molecular complexity index is 175. The molecule has 0 heterocycles. The second kappa shape index (κ2) is 5.04. The summed E-state index contributed by atoms with van der Waals surface area (Å²) in [5.74, 6) is 0. The highest BCUT2D eigenvalue weighted by Gasteiger charge is 2.23. The third kappa shape index (κ3) is 3.61. The molecule has 1 aliphatic rings. The van der Waals surface area contributed by atoms with E-state index in [0.29, 0.717) is 13.0 Å². The Morgan fingerprint density at radius 2 is 2.38 bits per heavy atom. The Kier molecular flexibility index (Phi) is 3.98. The van der Waals surface area contributed by atoms with Gasteiger partial charge in [-0.2, -0.15) is 0 Å². The first-order valence-corrected chi connectivity index (χ1v) is 4.58. The van der Waals surface area contributed by atoms with Crippen molar-refractivity contribution < 1.29 is 14.7 Å². The number of carbonyl (C=O) groups excluding carboxylic acids is 1. The van der Waals surface area contributed by atoms with Crippen molar-refractivity contribution >= 4 is 6.03 Å². The van der Waals surface area contributed by atoms with Crippen LogP contribution in [0, 0.1) is 0 Å². The van der Waals surface area contributed by atoms with Crippen LogP contribution in [0.25, 0.3) is 0 Å². The summed E-state index contributed by atoms with van der Waals surface area (Å²) in [6, 6.07) is -0.253. The highest BCUT2D eigenvalue weighted by molar-refractivity contribution is 5.73. The van der Waals surface area contributed by atoms with Gasteiger partial charge in [0.2, 0.25) is 0 Å². The molecule has 0 aliphatic heterocycles. The molecule has 0 bridgehead atoms. The number of rotatable bonds is 3. The molecule has 0 aromatic heterocycles. The normalized spacial score (nSPS) is 27.2. The number of hydrogen-bond acceptors (Lipinski definition) is 3. The fraction of sp³-hybridized carbons (Fsp3) is 0.875. The topological polar surface area (TPSA) is 70.6 Å². The van der Waals surface area contributed by atoms with Gasteiger partial charge in [-0.05, 0) is 26.2 Å². The van der Waals surface area contributed by atoms with Gasteiger partial charge in [0.1, 0.15) is 0 Å². The zero-order valence-electron chi connectivity index (χ0n) is 7.75. The van der Waals surface area contributed by atoms with Crippen LogP contribution in [-0.2, 0) is 4.84 Å². The Hall–Kier alpha value is -0.810. The molecule has 1 aliphatic carbocycles. The SMILES string of the molecule is CCONC(=O)N[C@H]1CC[C@@H](O)C1. The molecule has 0 aromatic carbocycles. The molecule has 1 rings (SSSR count). The van der Waals surface area contributed by atoms with Crippen LogP contribution in [0.15, 0.2) is 0 Å². The van der Waals surface area contributed by atoms with E-state index in [1.165, 1.54) is 0 Å². The average molecular weight is 188 g/mol. The second-order valence-corrected chi connectivity index (χ2v) is 3.17. The predicted octanol–water partition coefficient (Wildman–Crippen LogP) is 0.150. The zero-order chi connectivity index (χ0) is 9.68. The molecule has 5 nitrogen and oxygen atoms in total. The smallest absolute Gasteiger partial charge is 0.338 e. The van der Waals surface area contributed by atoms with Crippen LogP contribution < -0.4 is 10.8 Å². The summed E-state index contributed by atoms with van der Waals surface area (Å²) in [7, 11) is 0. The van der Waals surface area contributed by atoms with E-state index in [9.17, 15) is 9.90 Å². The first kappa shape index (κ1) is 10.3. The van der Waals surface area contributed by atoms with Gasteiger partial charge in [0.25, 0.3) is 0 Å². The fourth-order valence-corrected chi connectivity index (χ4v) is 1.44. The maximum absolute atomic E-state index is 11.0. The van der Waals surface area contributed by atoms with Crippen molar-refractivity contribution in [2.75, 3.05) is 6.61 Å². The summed E-state index contributed by atoms with van der Waals surface area (Å²) in [6.45, 7) is 2.24. The minimum Gasteiger partial charge on any atom is -0.393 e. The summed E-state index contributed by atoms with van der Waals surface area (Å²) in [5, 5.41) is 11.9. The van der Waals surface area contributed by atoms with Crippen molar-refractivity contribution in [1.82, 2.24) is 10.8 Å². The first-order valence-electron chi connectivity index (χ1n) is 4.58. The molecule has 0 unspecified atom stereocenters. The van der Waals surface area contributed by atoms with Gasteiger partial charge in [0, 0.05) is 6.04 Å². The lowest BCUT2D eigenvalue weighted by Gasteiger charge is -2.12. The molecule has 0 spiro atoms. The largest absolute Gasteiger partial charge is 0.393 e. The second-order valence-electron chi connectivity index (χ2n) is 3.17. The summed E-state index contributed by atoms with van der Waals surface area (Å²) in [6.07, 6.45) is 1.97. The third-order valence-electron chi connectivity index (χ3n) is 2.05. The van der Waals surface area contributed by atoms with Crippen LogP contribution in [0.5, 0.6) is 0 Å². The Balaban J connectivity index is 2.13. The minimum absolute atomic E-state index is 0.0791. The lowest BCUT2D eigenvalue weighted by molar-refractivity contribution is 0.0693. The summed E-state index contributed by atoms with van der Waals surface area (Å²) >= 11 is 0. The van der Waals surface area contributed by atoms with Crippen molar-refractivity contribution in [3.63, 3.8) is 0 Å². The molecule has 0 aromatic rings. The summed E-state index contributed by atoms with van der Waals surface area (Å²) < 4.78 is 0. The van der Waals surface area contributed by atoms with Crippen molar-refractivity contribution in [3.8, 4) is 0 Å². The van der Waals surface area contributed by atoms with Crippen LogP contribution in [-0.4, -0.2) is 29.9 Å². The van der Waals surface area contributed by atoms with Crippen molar-refractivity contribution in [1.29, 1.82) is 0 Å².